The molecule has 1 aliphatic rings. The zero-order chi connectivity index (χ0) is 18.2. The fraction of sp³-hybridized carbons (Fsp3) is 0.438. The summed E-state index contributed by atoms with van der Waals surface area (Å²) in [7, 11) is 0. The molecule has 1 aliphatic heterocycles. The number of hydrogen-bond donors (Lipinski definition) is 1. The Balaban J connectivity index is 1.76. The molecule has 25 heavy (non-hydrogen) atoms. The molecule has 3 rings (SSSR count). The van der Waals surface area contributed by atoms with Gasteiger partial charge in [0.05, 0.1) is 0 Å². The molecular formula is C16H17F3N4O2. The van der Waals surface area contributed by atoms with Crippen molar-refractivity contribution < 1.29 is 22.5 Å². The SMILES string of the molecule is CC1CC(N)CCN1C(=O)c1ccc(-c2noc(C(F)(F)F)n2)cc1. The molecule has 1 aromatic carbocycles. The predicted octanol–water partition coefficient (Wildman–Crippen LogP) is 2.71. The summed E-state index contributed by atoms with van der Waals surface area (Å²) in [5.41, 5.74) is 6.69. The van der Waals surface area contributed by atoms with Gasteiger partial charge < -0.3 is 15.2 Å². The lowest BCUT2D eigenvalue weighted by atomic mass is 9.98. The molecule has 0 aliphatic carbocycles. The maximum absolute atomic E-state index is 12.6. The highest BCUT2D eigenvalue weighted by Crippen LogP contribution is 2.29. The maximum atomic E-state index is 12.6. The van der Waals surface area contributed by atoms with E-state index in [0.29, 0.717) is 17.7 Å². The van der Waals surface area contributed by atoms with E-state index in [1.165, 1.54) is 12.1 Å². The molecule has 1 aromatic heterocycles. The monoisotopic (exact) mass is 354 g/mol. The molecule has 134 valence electrons. The van der Waals surface area contributed by atoms with Gasteiger partial charge >= 0.3 is 12.1 Å². The van der Waals surface area contributed by atoms with Crippen molar-refractivity contribution in [1.82, 2.24) is 15.0 Å². The highest BCUT2D eigenvalue weighted by Gasteiger charge is 2.38. The number of benzene rings is 1. The van der Waals surface area contributed by atoms with E-state index in [9.17, 15) is 18.0 Å². The minimum absolute atomic E-state index is 0.0440. The summed E-state index contributed by atoms with van der Waals surface area (Å²) < 4.78 is 41.7. The van der Waals surface area contributed by atoms with Crippen LogP contribution >= 0.6 is 0 Å². The third-order valence-electron chi connectivity index (χ3n) is 4.24. The molecule has 6 nitrogen and oxygen atoms in total. The van der Waals surface area contributed by atoms with Crippen molar-refractivity contribution >= 4 is 5.91 Å². The molecule has 2 unspecified atom stereocenters. The Morgan fingerprint density at radius 3 is 2.56 bits per heavy atom. The largest absolute Gasteiger partial charge is 0.471 e. The minimum atomic E-state index is -4.69. The van der Waals surface area contributed by atoms with Crippen LogP contribution < -0.4 is 5.73 Å². The number of carbonyl (C=O) groups is 1. The van der Waals surface area contributed by atoms with E-state index in [1.807, 2.05) is 6.92 Å². The quantitative estimate of drug-likeness (QED) is 0.896. The van der Waals surface area contributed by atoms with Crippen molar-refractivity contribution in [3.63, 3.8) is 0 Å². The molecule has 1 fully saturated rings. The van der Waals surface area contributed by atoms with E-state index in [1.54, 1.807) is 17.0 Å². The summed E-state index contributed by atoms with van der Waals surface area (Å²) >= 11 is 0. The van der Waals surface area contributed by atoms with Crippen LogP contribution in [0.1, 0.15) is 36.0 Å². The van der Waals surface area contributed by atoms with Crippen LogP contribution in [0.25, 0.3) is 11.4 Å². The molecule has 2 atom stereocenters. The van der Waals surface area contributed by atoms with E-state index >= 15 is 0 Å². The number of nitrogens with two attached hydrogens (primary N) is 1. The molecule has 2 heterocycles. The van der Waals surface area contributed by atoms with Crippen molar-refractivity contribution in [2.75, 3.05) is 6.54 Å². The summed E-state index contributed by atoms with van der Waals surface area (Å²) in [5, 5.41) is 3.32. The molecular weight excluding hydrogens is 337 g/mol. The van der Waals surface area contributed by atoms with Gasteiger partial charge in [0.15, 0.2) is 0 Å². The normalized spacial score (nSPS) is 21.4. The lowest BCUT2D eigenvalue weighted by Crippen LogP contribution is -2.48. The molecule has 0 spiro atoms. The third kappa shape index (κ3) is 3.65. The minimum Gasteiger partial charge on any atom is -0.336 e. The summed E-state index contributed by atoms with van der Waals surface area (Å²) in [4.78, 5) is 17.7. The lowest BCUT2D eigenvalue weighted by molar-refractivity contribution is -0.159. The Morgan fingerprint density at radius 1 is 1.32 bits per heavy atom. The van der Waals surface area contributed by atoms with Gasteiger partial charge in [0.1, 0.15) is 0 Å². The number of piperidine rings is 1. The number of likely N-dealkylation sites (tertiary alicyclic amines) is 1. The van der Waals surface area contributed by atoms with Gasteiger partial charge in [0, 0.05) is 29.8 Å². The van der Waals surface area contributed by atoms with E-state index in [0.717, 1.165) is 12.8 Å². The van der Waals surface area contributed by atoms with Gasteiger partial charge in [-0.15, -0.1) is 0 Å². The fourth-order valence-corrected chi connectivity index (χ4v) is 2.89. The van der Waals surface area contributed by atoms with Crippen LogP contribution in [-0.2, 0) is 6.18 Å². The number of carbonyl (C=O) groups excluding carboxylic acids is 1. The van der Waals surface area contributed by atoms with Gasteiger partial charge in [-0.3, -0.25) is 4.79 Å². The Labute approximate surface area is 141 Å². The van der Waals surface area contributed by atoms with Gasteiger partial charge in [-0.2, -0.15) is 18.2 Å². The number of alkyl halides is 3. The van der Waals surface area contributed by atoms with Crippen LogP contribution in [0, 0.1) is 0 Å². The first kappa shape index (κ1) is 17.4. The lowest BCUT2D eigenvalue weighted by Gasteiger charge is -2.36. The number of nitrogens with zero attached hydrogens (tertiary/aromatic N) is 3. The van der Waals surface area contributed by atoms with Crippen molar-refractivity contribution in [2.45, 2.75) is 38.0 Å². The predicted molar refractivity (Wildman–Crippen MR) is 82.4 cm³/mol. The second kappa shape index (κ2) is 6.47. The zero-order valence-corrected chi connectivity index (χ0v) is 13.5. The smallest absolute Gasteiger partial charge is 0.336 e. The van der Waals surface area contributed by atoms with Gasteiger partial charge in [0.2, 0.25) is 5.82 Å². The van der Waals surface area contributed by atoms with Crippen molar-refractivity contribution in [2.24, 2.45) is 5.73 Å². The first-order valence-electron chi connectivity index (χ1n) is 7.83. The van der Waals surface area contributed by atoms with Crippen LogP contribution in [0.5, 0.6) is 0 Å². The second-order valence-corrected chi connectivity index (χ2v) is 6.13. The van der Waals surface area contributed by atoms with Crippen molar-refractivity contribution in [1.29, 1.82) is 0 Å². The summed E-state index contributed by atoms with van der Waals surface area (Å²) in [6, 6.07) is 6.23. The number of halogens is 3. The molecule has 1 saturated heterocycles. The van der Waals surface area contributed by atoms with Crippen LogP contribution in [0.15, 0.2) is 28.8 Å². The molecule has 0 radical (unpaired) electrons. The van der Waals surface area contributed by atoms with Crippen LogP contribution in [0.2, 0.25) is 0 Å². The Kier molecular flexibility index (Phi) is 4.51. The van der Waals surface area contributed by atoms with Crippen LogP contribution in [0.4, 0.5) is 13.2 Å². The molecule has 9 heteroatoms. The number of hydrogen-bond acceptors (Lipinski definition) is 5. The molecule has 1 amide bonds. The van der Waals surface area contributed by atoms with Crippen LogP contribution in [-0.4, -0.2) is 39.6 Å². The standard InChI is InChI=1S/C16H17F3N4O2/c1-9-8-12(20)6-7-23(9)14(24)11-4-2-10(3-5-11)13-21-15(25-22-13)16(17,18)19/h2-5,9,12H,6-8,20H2,1H3. The maximum Gasteiger partial charge on any atom is 0.471 e. The molecule has 0 saturated carbocycles. The van der Waals surface area contributed by atoms with E-state index < -0.39 is 12.1 Å². The Hall–Kier alpha value is -2.42. The number of rotatable bonds is 2. The van der Waals surface area contributed by atoms with Gasteiger partial charge in [-0.25, -0.2) is 0 Å². The highest BCUT2D eigenvalue weighted by atomic mass is 19.4. The van der Waals surface area contributed by atoms with E-state index in [4.69, 9.17) is 5.73 Å². The van der Waals surface area contributed by atoms with E-state index in [2.05, 4.69) is 14.7 Å². The topological polar surface area (TPSA) is 85.2 Å². The van der Waals surface area contributed by atoms with Crippen molar-refractivity contribution in [3.05, 3.63) is 35.7 Å². The summed E-state index contributed by atoms with van der Waals surface area (Å²) in [5.74, 6) is -1.71. The van der Waals surface area contributed by atoms with Crippen molar-refractivity contribution in [3.8, 4) is 11.4 Å². The van der Waals surface area contributed by atoms with Gasteiger partial charge in [0.25, 0.3) is 5.91 Å². The molecule has 2 aromatic rings. The highest BCUT2D eigenvalue weighted by molar-refractivity contribution is 5.94. The van der Waals surface area contributed by atoms with Gasteiger partial charge in [-0.05, 0) is 31.9 Å². The second-order valence-electron chi connectivity index (χ2n) is 6.13. The summed E-state index contributed by atoms with van der Waals surface area (Å²) in [6.07, 6.45) is -3.20. The summed E-state index contributed by atoms with van der Waals surface area (Å²) in [6.45, 7) is 2.53. The average Bonchev–Trinajstić information content (AvgIpc) is 3.05. The Bertz CT molecular complexity index is 757. The zero-order valence-electron chi connectivity index (χ0n) is 13.5. The fourth-order valence-electron chi connectivity index (χ4n) is 2.89. The van der Waals surface area contributed by atoms with Crippen LogP contribution in [0.3, 0.4) is 0 Å². The number of aromatic nitrogens is 2. The number of amides is 1. The first-order valence-corrected chi connectivity index (χ1v) is 7.83. The molecule has 2 N–H and O–H groups in total. The first-order chi connectivity index (χ1) is 11.8. The van der Waals surface area contributed by atoms with Gasteiger partial charge in [-0.1, -0.05) is 17.3 Å². The third-order valence-corrected chi connectivity index (χ3v) is 4.24. The average molecular weight is 354 g/mol. The molecule has 0 bridgehead atoms. The Morgan fingerprint density at radius 2 is 2.00 bits per heavy atom. The van der Waals surface area contributed by atoms with E-state index in [-0.39, 0.29) is 23.8 Å².